The zero-order chi connectivity index (χ0) is 18.4. The maximum atomic E-state index is 12.1. The monoisotopic (exact) mass is 346 g/mol. The molecule has 0 aliphatic rings. The van der Waals surface area contributed by atoms with E-state index in [1.807, 2.05) is 0 Å². The summed E-state index contributed by atoms with van der Waals surface area (Å²) in [5.41, 5.74) is 0.342. The van der Waals surface area contributed by atoms with Crippen molar-refractivity contribution in [3.63, 3.8) is 0 Å². The van der Waals surface area contributed by atoms with Crippen LogP contribution in [-0.4, -0.2) is 29.7 Å². The molecule has 2 rings (SSSR count). The number of carbonyl (C=O) groups excluding carboxylic acids is 2. The molecule has 0 bridgehead atoms. The van der Waals surface area contributed by atoms with Crippen LogP contribution < -0.4 is 10.1 Å². The van der Waals surface area contributed by atoms with Crippen molar-refractivity contribution >= 4 is 17.7 Å². The fourth-order valence-corrected chi connectivity index (χ4v) is 1.89. The van der Waals surface area contributed by atoms with Crippen LogP contribution in [0, 0.1) is 12.8 Å². The smallest absolute Gasteiger partial charge is 0.338 e. The predicted octanol–water partition coefficient (Wildman–Crippen LogP) is 3.20. The first-order valence-corrected chi connectivity index (χ1v) is 8.03. The average Bonchev–Trinajstić information content (AvgIpc) is 2.98. The molecule has 0 spiro atoms. The Hall–Kier alpha value is -2.83. The summed E-state index contributed by atoms with van der Waals surface area (Å²) < 4.78 is 15.6. The summed E-state index contributed by atoms with van der Waals surface area (Å²) >= 11 is 0. The van der Waals surface area contributed by atoms with Crippen molar-refractivity contribution in [1.29, 1.82) is 0 Å². The largest absolute Gasteiger partial charge is 0.493 e. The molecule has 1 atom stereocenters. The van der Waals surface area contributed by atoms with Gasteiger partial charge in [0.2, 0.25) is 0 Å². The van der Waals surface area contributed by atoms with Crippen LogP contribution in [0.2, 0.25) is 0 Å². The zero-order valence-electron chi connectivity index (χ0n) is 14.7. The van der Waals surface area contributed by atoms with Crippen LogP contribution in [0.5, 0.6) is 5.75 Å². The first-order chi connectivity index (χ1) is 11.8. The second-order valence-electron chi connectivity index (χ2n) is 6.09. The number of nitrogens with one attached hydrogen (secondary N) is 1. The first kappa shape index (κ1) is 18.5. The zero-order valence-corrected chi connectivity index (χ0v) is 14.7. The van der Waals surface area contributed by atoms with Crippen molar-refractivity contribution in [2.45, 2.75) is 33.8 Å². The van der Waals surface area contributed by atoms with E-state index >= 15 is 0 Å². The molecule has 0 unspecified atom stereocenters. The molecule has 7 nitrogen and oxygen atoms in total. The van der Waals surface area contributed by atoms with Crippen LogP contribution >= 0.6 is 0 Å². The number of anilines is 1. The minimum atomic E-state index is -0.971. The molecule has 25 heavy (non-hydrogen) atoms. The molecule has 0 aliphatic carbocycles. The quantitative estimate of drug-likeness (QED) is 0.774. The van der Waals surface area contributed by atoms with E-state index in [9.17, 15) is 9.59 Å². The predicted molar refractivity (Wildman–Crippen MR) is 91.5 cm³/mol. The fraction of sp³-hybridized carbons (Fsp3) is 0.389. The van der Waals surface area contributed by atoms with Gasteiger partial charge in [0.05, 0.1) is 12.2 Å². The van der Waals surface area contributed by atoms with E-state index in [1.54, 1.807) is 37.3 Å². The Morgan fingerprint density at radius 2 is 1.88 bits per heavy atom. The number of rotatable bonds is 7. The third-order valence-electron chi connectivity index (χ3n) is 3.21. The van der Waals surface area contributed by atoms with Gasteiger partial charge in [-0.15, -0.1) is 0 Å². The summed E-state index contributed by atoms with van der Waals surface area (Å²) in [6.07, 6.45) is -0.971. The van der Waals surface area contributed by atoms with Crippen LogP contribution in [0.3, 0.4) is 0 Å². The van der Waals surface area contributed by atoms with E-state index in [2.05, 4.69) is 24.3 Å². The minimum Gasteiger partial charge on any atom is -0.493 e. The van der Waals surface area contributed by atoms with E-state index in [1.165, 1.54) is 6.92 Å². The Kier molecular flexibility index (Phi) is 6.16. The molecule has 2 aromatic rings. The van der Waals surface area contributed by atoms with Crippen LogP contribution in [-0.2, 0) is 9.53 Å². The van der Waals surface area contributed by atoms with Gasteiger partial charge in [0, 0.05) is 6.07 Å². The van der Waals surface area contributed by atoms with Gasteiger partial charge in [0.15, 0.2) is 11.9 Å². The van der Waals surface area contributed by atoms with Crippen LogP contribution in [0.4, 0.5) is 5.82 Å². The van der Waals surface area contributed by atoms with Gasteiger partial charge in [-0.1, -0.05) is 19.0 Å². The van der Waals surface area contributed by atoms with Gasteiger partial charge in [0.25, 0.3) is 5.91 Å². The topological polar surface area (TPSA) is 90.7 Å². The van der Waals surface area contributed by atoms with Gasteiger partial charge < -0.3 is 19.3 Å². The van der Waals surface area contributed by atoms with Crippen molar-refractivity contribution in [1.82, 2.24) is 5.16 Å². The van der Waals surface area contributed by atoms with E-state index in [0.29, 0.717) is 29.6 Å². The van der Waals surface area contributed by atoms with E-state index in [0.717, 1.165) is 0 Å². The van der Waals surface area contributed by atoms with Crippen molar-refractivity contribution in [2.24, 2.45) is 5.92 Å². The SMILES string of the molecule is Cc1cc(NC(=O)[C@H](C)OC(=O)c2ccc(OCC(C)C)cc2)no1. The molecule has 1 aromatic heterocycles. The van der Waals surface area contributed by atoms with Crippen LogP contribution in [0.25, 0.3) is 0 Å². The number of amides is 1. The lowest BCUT2D eigenvalue weighted by Gasteiger charge is -2.13. The van der Waals surface area contributed by atoms with Gasteiger partial charge in [-0.2, -0.15) is 0 Å². The second kappa shape index (κ2) is 8.32. The molecule has 1 amide bonds. The highest BCUT2D eigenvalue weighted by atomic mass is 16.5. The molecular weight excluding hydrogens is 324 g/mol. The average molecular weight is 346 g/mol. The summed E-state index contributed by atoms with van der Waals surface area (Å²) in [6, 6.07) is 8.17. The lowest BCUT2D eigenvalue weighted by Crippen LogP contribution is -2.30. The summed E-state index contributed by atoms with van der Waals surface area (Å²) in [7, 11) is 0. The van der Waals surface area contributed by atoms with Gasteiger partial charge in [-0.3, -0.25) is 4.79 Å². The maximum absolute atomic E-state index is 12.1. The number of carbonyl (C=O) groups is 2. The highest BCUT2D eigenvalue weighted by molar-refractivity contribution is 5.96. The summed E-state index contributed by atoms with van der Waals surface area (Å²) in [4.78, 5) is 24.1. The van der Waals surface area contributed by atoms with Crippen molar-refractivity contribution in [3.05, 3.63) is 41.7 Å². The number of nitrogens with zero attached hydrogens (tertiary/aromatic N) is 1. The molecule has 0 saturated carbocycles. The third-order valence-corrected chi connectivity index (χ3v) is 3.21. The molecule has 1 N–H and O–H groups in total. The normalized spacial score (nSPS) is 11.9. The minimum absolute atomic E-state index is 0.275. The van der Waals surface area contributed by atoms with Gasteiger partial charge >= 0.3 is 5.97 Å². The molecule has 0 aliphatic heterocycles. The molecule has 1 aromatic carbocycles. The summed E-state index contributed by atoms with van der Waals surface area (Å²) in [6.45, 7) is 7.90. The number of benzene rings is 1. The molecule has 1 heterocycles. The number of hydrogen-bond donors (Lipinski definition) is 1. The van der Waals surface area contributed by atoms with Gasteiger partial charge in [-0.05, 0) is 44.0 Å². The number of aromatic nitrogens is 1. The van der Waals surface area contributed by atoms with Crippen LogP contribution in [0.15, 0.2) is 34.9 Å². The van der Waals surface area contributed by atoms with Crippen molar-refractivity contribution in [2.75, 3.05) is 11.9 Å². The van der Waals surface area contributed by atoms with Crippen LogP contribution in [0.1, 0.15) is 36.9 Å². The lowest BCUT2D eigenvalue weighted by molar-refractivity contribution is -0.123. The standard InChI is InChI=1S/C18H22N2O5/c1-11(2)10-23-15-7-5-14(6-8-15)18(22)24-13(4)17(21)19-16-9-12(3)25-20-16/h5-9,11,13H,10H2,1-4H3,(H,19,20,21)/t13-/m0/s1. The molecular formula is C18H22N2O5. The Morgan fingerprint density at radius 3 is 2.44 bits per heavy atom. The number of hydrogen-bond acceptors (Lipinski definition) is 6. The number of esters is 1. The molecule has 7 heteroatoms. The van der Waals surface area contributed by atoms with E-state index < -0.39 is 18.0 Å². The molecule has 0 fully saturated rings. The lowest BCUT2D eigenvalue weighted by atomic mass is 10.2. The Bertz CT molecular complexity index is 721. The van der Waals surface area contributed by atoms with Crippen molar-refractivity contribution in [3.8, 4) is 5.75 Å². The highest BCUT2D eigenvalue weighted by Crippen LogP contribution is 2.15. The van der Waals surface area contributed by atoms with E-state index in [-0.39, 0.29) is 5.82 Å². The highest BCUT2D eigenvalue weighted by Gasteiger charge is 2.20. The second-order valence-corrected chi connectivity index (χ2v) is 6.09. The number of aryl methyl sites for hydroxylation is 1. The third kappa shape index (κ3) is 5.63. The van der Waals surface area contributed by atoms with Gasteiger partial charge in [0.1, 0.15) is 11.5 Å². The summed E-state index contributed by atoms with van der Waals surface area (Å²) in [5.74, 6) is 0.861. The van der Waals surface area contributed by atoms with Crippen molar-refractivity contribution < 1.29 is 23.6 Å². The molecule has 134 valence electrons. The van der Waals surface area contributed by atoms with E-state index in [4.69, 9.17) is 14.0 Å². The first-order valence-electron chi connectivity index (χ1n) is 8.03. The van der Waals surface area contributed by atoms with Gasteiger partial charge in [-0.25, -0.2) is 4.79 Å². The molecule has 0 saturated heterocycles. The summed E-state index contributed by atoms with van der Waals surface area (Å²) in [5, 5.41) is 6.17. The maximum Gasteiger partial charge on any atom is 0.338 e. The Morgan fingerprint density at radius 1 is 1.20 bits per heavy atom. The Labute approximate surface area is 146 Å². The molecule has 0 radical (unpaired) electrons. The number of ether oxygens (including phenoxy) is 2. The Balaban J connectivity index is 1.88. The fourth-order valence-electron chi connectivity index (χ4n) is 1.89.